The molecular weight excluding hydrogens is 526 g/mol. The lowest BCUT2D eigenvalue weighted by Crippen LogP contribution is -2.32. The molecule has 6 N–H and O–H groups in total. The van der Waals surface area contributed by atoms with Crippen LogP contribution in [0.5, 0.6) is 0 Å². The lowest BCUT2D eigenvalue weighted by atomic mass is 10.1. The molecule has 39 heavy (non-hydrogen) atoms. The van der Waals surface area contributed by atoms with E-state index in [-0.39, 0.29) is 40.0 Å². The second kappa shape index (κ2) is 10.5. The summed E-state index contributed by atoms with van der Waals surface area (Å²) >= 11 is 0. The number of nitrogens with zero attached hydrogens (tertiary/aromatic N) is 4. The second-order valence-electron chi connectivity index (χ2n) is 7.94. The smallest absolute Gasteiger partial charge is 0.337 e. The standard InChI is InChI=1S/C24H19F4N7O4/c1-2-20(36)31-15-7-8-18(25)19(9-15)33-21-17(13-3-5-14(6-4-13)23(26,27)28)11-29-22(34-21)32-16-10-30-35(12-16)24(37,38)39/h2-12,37-39H,1H2,(H,31,36)(H2,29,32,33,34). The maximum atomic E-state index is 14.7. The first kappa shape index (κ1) is 27.2. The van der Waals surface area contributed by atoms with Crippen LogP contribution in [-0.2, 0) is 17.1 Å². The molecule has 2 aromatic carbocycles. The van der Waals surface area contributed by atoms with E-state index in [1.54, 1.807) is 0 Å². The number of nitrogens with one attached hydrogen (secondary N) is 3. The molecule has 15 heteroatoms. The fraction of sp³-hybridized carbons (Fsp3) is 0.0833. The van der Waals surface area contributed by atoms with Crippen LogP contribution in [0.2, 0.25) is 0 Å². The molecule has 0 spiro atoms. The topological polar surface area (TPSA) is 157 Å². The number of carbonyl (C=O) groups is 1. The molecule has 0 aliphatic rings. The number of benzene rings is 2. The summed E-state index contributed by atoms with van der Waals surface area (Å²) in [6.07, 6.45) is -3.39. The van der Waals surface area contributed by atoms with Gasteiger partial charge in [0.2, 0.25) is 11.9 Å². The molecule has 0 fully saturated rings. The number of aromatic nitrogens is 4. The Labute approximate surface area is 217 Å². The van der Waals surface area contributed by atoms with Gasteiger partial charge in [-0.1, -0.05) is 18.7 Å². The predicted molar refractivity (Wildman–Crippen MR) is 131 cm³/mol. The molecule has 0 radical (unpaired) electrons. The largest absolute Gasteiger partial charge is 0.416 e. The van der Waals surface area contributed by atoms with Gasteiger partial charge >= 0.3 is 12.3 Å². The van der Waals surface area contributed by atoms with E-state index in [9.17, 15) is 37.7 Å². The van der Waals surface area contributed by atoms with E-state index in [2.05, 4.69) is 37.6 Å². The predicted octanol–water partition coefficient (Wildman–Crippen LogP) is 3.65. The minimum atomic E-state index is -4.55. The molecule has 0 saturated heterocycles. The summed E-state index contributed by atoms with van der Waals surface area (Å²) < 4.78 is 54.3. The molecule has 0 atom stereocenters. The number of hydrogen-bond donors (Lipinski definition) is 6. The Morgan fingerprint density at radius 3 is 2.33 bits per heavy atom. The average Bonchev–Trinajstić information content (AvgIpc) is 3.35. The van der Waals surface area contributed by atoms with Gasteiger partial charge in [0.1, 0.15) is 11.6 Å². The summed E-state index contributed by atoms with van der Waals surface area (Å²) in [6, 6.07) is 7.81. The molecule has 0 saturated carbocycles. The third-order valence-electron chi connectivity index (χ3n) is 5.13. The Morgan fingerprint density at radius 1 is 1.00 bits per heavy atom. The Kier molecular flexibility index (Phi) is 7.31. The van der Waals surface area contributed by atoms with Gasteiger partial charge in [-0.3, -0.25) is 4.79 Å². The molecule has 0 aliphatic heterocycles. The van der Waals surface area contributed by atoms with Crippen molar-refractivity contribution in [1.29, 1.82) is 0 Å². The third kappa shape index (κ3) is 6.53. The first-order chi connectivity index (χ1) is 18.3. The molecule has 4 rings (SSSR count). The summed E-state index contributed by atoms with van der Waals surface area (Å²) in [6.45, 7) is 3.35. The van der Waals surface area contributed by atoms with E-state index in [0.717, 1.165) is 36.7 Å². The number of carbonyl (C=O) groups excluding carboxylic acids is 1. The Hall–Kier alpha value is -4.86. The Bertz CT molecular complexity index is 1520. The van der Waals surface area contributed by atoms with Crippen molar-refractivity contribution >= 4 is 34.7 Å². The van der Waals surface area contributed by atoms with Crippen molar-refractivity contribution in [2.24, 2.45) is 0 Å². The average molecular weight is 545 g/mol. The highest BCUT2D eigenvalue weighted by Crippen LogP contribution is 2.34. The van der Waals surface area contributed by atoms with Crippen molar-refractivity contribution in [3.05, 3.63) is 85.1 Å². The quantitative estimate of drug-likeness (QED) is 0.110. The molecule has 202 valence electrons. The van der Waals surface area contributed by atoms with Gasteiger partial charge in [-0.05, 0) is 42.0 Å². The fourth-order valence-corrected chi connectivity index (χ4v) is 3.29. The summed E-state index contributed by atoms with van der Waals surface area (Å²) in [5.74, 6) is -1.41. The van der Waals surface area contributed by atoms with Crippen molar-refractivity contribution in [2.45, 2.75) is 12.3 Å². The number of amides is 1. The molecular formula is C24H19F4N7O4. The van der Waals surface area contributed by atoms with Gasteiger partial charge in [-0.25, -0.2) is 9.37 Å². The lowest BCUT2D eigenvalue weighted by Gasteiger charge is -2.15. The molecule has 1 amide bonds. The van der Waals surface area contributed by atoms with Crippen molar-refractivity contribution in [2.75, 3.05) is 16.0 Å². The van der Waals surface area contributed by atoms with Crippen LogP contribution >= 0.6 is 0 Å². The molecule has 0 bridgehead atoms. The van der Waals surface area contributed by atoms with E-state index in [1.807, 2.05) is 0 Å². The Morgan fingerprint density at radius 2 is 1.72 bits per heavy atom. The zero-order valence-electron chi connectivity index (χ0n) is 19.6. The van der Waals surface area contributed by atoms with E-state index in [4.69, 9.17) is 0 Å². The van der Waals surface area contributed by atoms with Gasteiger partial charge in [0.05, 0.1) is 29.3 Å². The fourth-order valence-electron chi connectivity index (χ4n) is 3.29. The normalized spacial score (nSPS) is 11.7. The van der Waals surface area contributed by atoms with Crippen LogP contribution < -0.4 is 16.0 Å². The van der Waals surface area contributed by atoms with Crippen LogP contribution in [0.3, 0.4) is 0 Å². The maximum Gasteiger partial charge on any atom is 0.416 e. The van der Waals surface area contributed by atoms with Crippen LogP contribution in [0.15, 0.2) is 73.7 Å². The number of hydrogen-bond acceptors (Lipinski definition) is 9. The van der Waals surface area contributed by atoms with Gasteiger partial charge in [0.15, 0.2) is 0 Å². The van der Waals surface area contributed by atoms with Crippen LogP contribution in [-0.4, -0.2) is 41.0 Å². The summed E-state index contributed by atoms with van der Waals surface area (Å²) in [4.78, 5) is 20.0. The molecule has 11 nitrogen and oxygen atoms in total. The summed E-state index contributed by atoms with van der Waals surface area (Å²) in [5.41, 5.74) is -0.197. The first-order valence-corrected chi connectivity index (χ1v) is 10.9. The summed E-state index contributed by atoms with van der Waals surface area (Å²) in [5, 5.41) is 39.2. The van der Waals surface area contributed by atoms with Gasteiger partial charge in [0.25, 0.3) is 0 Å². The van der Waals surface area contributed by atoms with Crippen molar-refractivity contribution in [3.63, 3.8) is 0 Å². The van der Waals surface area contributed by atoms with E-state index < -0.39 is 29.6 Å². The minimum Gasteiger partial charge on any atom is -0.337 e. The van der Waals surface area contributed by atoms with Crippen LogP contribution in [0.1, 0.15) is 5.56 Å². The van der Waals surface area contributed by atoms with Crippen molar-refractivity contribution in [3.8, 4) is 11.1 Å². The van der Waals surface area contributed by atoms with Crippen molar-refractivity contribution < 1.29 is 37.7 Å². The molecule has 2 heterocycles. The minimum absolute atomic E-state index is 0.0356. The van der Waals surface area contributed by atoms with Gasteiger partial charge in [0, 0.05) is 17.4 Å². The number of anilines is 5. The van der Waals surface area contributed by atoms with Gasteiger partial charge in [-0.15, -0.1) is 0 Å². The van der Waals surface area contributed by atoms with Crippen LogP contribution in [0.25, 0.3) is 11.1 Å². The number of rotatable bonds is 8. The van der Waals surface area contributed by atoms with E-state index >= 15 is 0 Å². The van der Waals surface area contributed by atoms with E-state index in [1.165, 1.54) is 30.5 Å². The lowest BCUT2D eigenvalue weighted by molar-refractivity contribution is -0.380. The molecule has 0 aliphatic carbocycles. The zero-order chi connectivity index (χ0) is 28.4. The SMILES string of the molecule is C=CC(=O)Nc1ccc(F)c(Nc2nc(Nc3cnn(C(O)(O)O)c3)ncc2-c2ccc(C(F)(F)F)cc2)c1. The van der Waals surface area contributed by atoms with Gasteiger partial charge in [-0.2, -0.15) is 27.9 Å². The number of aliphatic hydroxyl groups is 3. The van der Waals surface area contributed by atoms with Crippen LogP contribution in [0, 0.1) is 5.82 Å². The molecule has 0 unspecified atom stereocenters. The highest BCUT2D eigenvalue weighted by Gasteiger charge is 2.30. The Balaban J connectivity index is 1.73. The zero-order valence-corrected chi connectivity index (χ0v) is 19.6. The number of alkyl halides is 3. The first-order valence-electron chi connectivity index (χ1n) is 10.9. The summed E-state index contributed by atoms with van der Waals surface area (Å²) in [7, 11) is 0. The van der Waals surface area contributed by atoms with E-state index in [0.29, 0.717) is 4.68 Å². The number of halogens is 4. The second-order valence-corrected chi connectivity index (χ2v) is 7.94. The third-order valence-corrected chi connectivity index (χ3v) is 5.13. The monoisotopic (exact) mass is 545 g/mol. The molecule has 2 aromatic heterocycles. The van der Waals surface area contributed by atoms with Crippen molar-refractivity contribution in [1.82, 2.24) is 19.7 Å². The highest BCUT2D eigenvalue weighted by atomic mass is 19.4. The highest BCUT2D eigenvalue weighted by molar-refractivity contribution is 5.99. The maximum absolute atomic E-state index is 14.7. The molecule has 4 aromatic rings. The van der Waals surface area contributed by atoms with Crippen LogP contribution in [0.4, 0.5) is 46.4 Å². The van der Waals surface area contributed by atoms with Gasteiger partial charge < -0.3 is 31.3 Å².